The van der Waals surface area contributed by atoms with Gasteiger partial charge in [-0.05, 0) is 45.8 Å². The SMILES string of the molecule is Cn1c(C(=O)N[C@]2(c3ccc(OC(F)(F)F)c(F)c3)CCOc3cccnc32)cnc1Br. The zero-order valence-electron chi connectivity index (χ0n) is 16.4. The average molecular weight is 515 g/mol. The smallest absolute Gasteiger partial charge is 0.491 e. The van der Waals surface area contributed by atoms with Crippen LogP contribution in [0.2, 0.25) is 0 Å². The highest BCUT2D eigenvalue weighted by atomic mass is 79.9. The Kier molecular flexibility index (Phi) is 5.57. The summed E-state index contributed by atoms with van der Waals surface area (Å²) < 4.78 is 63.6. The van der Waals surface area contributed by atoms with Crippen LogP contribution in [-0.2, 0) is 12.6 Å². The van der Waals surface area contributed by atoms with Crippen LogP contribution in [0.4, 0.5) is 17.6 Å². The average Bonchev–Trinajstić information content (AvgIpc) is 3.07. The van der Waals surface area contributed by atoms with E-state index in [0.717, 1.165) is 12.1 Å². The number of carbonyl (C=O) groups is 1. The summed E-state index contributed by atoms with van der Waals surface area (Å²) in [5.74, 6) is -2.39. The van der Waals surface area contributed by atoms with E-state index in [1.54, 1.807) is 19.2 Å². The standard InChI is InChI=1S/C20H15BrF4N4O3/c1-29-13(10-27-18(29)21)17(30)28-19(6-8-31-15-3-2-7-26-16(15)19)11-4-5-14(12(22)9-11)32-20(23,24)25/h2-5,7,9-10H,6,8H2,1H3,(H,28,30)/t19-/m0/s1. The molecule has 168 valence electrons. The van der Waals surface area contributed by atoms with Crippen molar-refractivity contribution in [3.63, 3.8) is 0 Å². The van der Waals surface area contributed by atoms with E-state index in [9.17, 15) is 22.4 Å². The van der Waals surface area contributed by atoms with Gasteiger partial charge < -0.3 is 19.4 Å². The first-order chi connectivity index (χ1) is 15.1. The number of fused-ring (bicyclic) bond motifs is 1. The molecule has 12 heteroatoms. The number of hydrogen-bond donors (Lipinski definition) is 1. The summed E-state index contributed by atoms with van der Waals surface area (Å²) in [6.07, 6.45) is -2.06. The van der Waals surface area contributed by atoms with E-state index in [4.69, 9.17) is 4.74 Å². The molecule has 1 amide bonds. The van der Waals surface area contributed by atoms with Crippen LogP contribution in [0.3, 0.4) is 0 Å². The fraction of sp³-hybridized carbons (Fsp3) is 0.250. The molecule has 1 aliphatic rings. The van der Waals surface area contributed by atoms with Crippen molar-refractivity contribution >= 4 is 21.8 Å². The van der Waals surface area contributed by atoms with Crippen molar-refractivity contribution in [2.75, 3.05) is 6.61 Å². The van der Waals surface area contributed by atoms with E-state index in [-0.39, 0.29) is 24.3 Å². The maximum atomic E-state index is 14.6. The highest BCUT2D eigenvalue weighted by Crippen LogP contribution is 2.42. The summed E-state index contributed by atoms with van der Waals surface area (Å²) in [5, 5.41) is 2.88. The molecule has 0 radical (unpaired) electrons. The van der Waals surface area contributed by atoms with Crippen LogP contribution >= 0.6 is 15.9 Å². The van der Waals surface area contributed by atoms with Gasteiger partial charge in [0.1, 0.15) is 22.7 Å². The molecule has 7 nitrogen and oxygen atoms in total. The Morgan fingerprint density at radius 2 is 2.09 bits per heavy atom. The third-order valence-electron chi connectivity index (χ3n) is 5.05. The first kappa shape index (κ1) is 22.1. The summed E-state index contributed by atoms with van der Waals surface area (Å²) in [4.78, 5) is 21.5. The summed E-state index contributed by atoms with van der Waals surface area (Å²) in [7, 11) is 1.62. The van der Waals surface area contributed by atoms with Gasteiger partial charge in [-0.2, -0.15) is 0 Å². The lowest BCUT2D eigenvalue weighted by Gasteiger charge is -2.39. The second kappa shape index (κ2) is 8.08. The number of benzene rings is 1. The maximum Gasteiger partial charge on any atom is 0.573 e. The predicted octanol–water partition coefficient (Wildman–Crippen LogP) is 4.07. The number of ether oxygens (including phenoxy) is 2. The van der Waals surface area contributed by atoms with E-state index >= 15 is 0 Å². The second-order valence-corrected chi connectivity index (χ2v) is 7.68. The lowest BCUT2D eigenvalue weighted by molar-refractivity contribution is -0.275. The van der Waals surface area contributed by atoms with Crippen molar-refractivity contribution in [2.45, 2.75) is 18.3 Å². The number of aromatic nitrogens is 3. The number of pyridine rings is 1. The van der Waals surface area contributed by atoms with Gasteiger partial charge in [0, 0.05) is 19.7 Å². The Hall–Kier alpha value is -3.15. The molecule has 3 aromatic rings. The van der Waals surface area contributed by atoms with Crippen molar-refractivity contribution in [1.82, 2.24) is 19.9 Å². The number of carbonyl (C=O) groups excluding carboxylic acids is 1. The van der Waals surface area contributed by atoms with Crippen LogP contribution in [0, 0.1) is 5.82 Å². The van der Waals surface area contributed by atoms with Gasteiger partial charge in [0.2, 0.25) is 0 Å². The largest absolute Gasteiger partial charge is 0.573 e. The van der Waals surface area contributed by atoms with E-state index in [1.165, 1.54) is 23.0 Å². The third-order valence-corrected chi connectivity index (χ3v) is 5.79. The van der Waals surface area contributed by atoms with Gasteiger partial charge in [0.05, 0.1) is 12.8 Å². The molecule has 1 aromatic carbocycles. The van der Waals surface area contributed by atoms with E-state index in [0.29, 0.717) is 16.2 Å². The topological polar surface area (TPSA) is 78.3 Å². The Morgan fingerprint density at radius 3 is 2.75 bits per heavy atom. The highest BCUT2D eigenvalue weighted by Gasteiger charge is 2.43. The van der Waals surface area contributed by atoms with Gasteiger partial charge in [-0.15, -0.1) is 13.2 Å². The monoisotopic (exact) mass is 514 g/mol. The number of hydrogen-bond acceptors (Lipinski definition) is 5. The van der Waals surface area contributed by atoms with Crippen LogP contribution in [0.5, 0.6) is 11.5 Å². The highest BCUT2D eigenvalue weighted by molar-refractivity contribution is 9.10. The van der Waals surface area contributed by atoms with Crippen molar-refractivity contribution in [3.8, 4) is 11.5 Å². The lowest BCUT2D eigenvalue weighted by atomic mass is 9.81. The number of halogens is 5. The fourth-order valence-corrected chi connectivity index (χ4v) is 3.86. The molecule has 32 heavy (non-hydrogen) atoms. The zero-order chi connectivity index (χ0) is 23.1. The van der Waals surface area contributed by atoms with Crippen molar-refractivity contribution < 1.29 is 31.8 Å². The molecular weight excluding hydrogens is 500 g/mol. The fourth-order valence-electron chi connectivity index (χ4n) is 3.56. The van der Waals surface area contributed by atoms with E-state index < -0.39 is 29.4 Å². The Balaban J connectivity index is 1.82. The van der Waals surface area contributed by atoms with Crippen molar-refractivity contribution in [2.24, 2.45) is 7.05 Å². The summed E-state index contributed by atoms with van der Waals surface area (Å²) in [6.45, 7) is 0.149. The number of amides is 1. The number of imidazole rings is 1. The summed E-state index contributed by atoms with van der Waals surface area (Å²) in [6, 6.07) is 6.29. The van der Waals surface area contributed by atoms with Crippen molar-refractivity contribution in [3.05, 3.63) is 70.2 Å². The lowest BCUT2D eigenvalue weighted by Crippen LogP contribution is -2.50. The molecule has 0 spiro atoms. The Labute approximate surface area is 187 Å². The van der Waals surface area contributed by atoms with Crippen molar-refractivity contribution in [1.29, 1.82) is 0 Å². The minimum absolute atomic E-state index is 0.149. The van der Waals surface area contributed by atoms with Crippen LogP contribution in [0.1, 0.15) is 28.2 Å². The zero-order valence-corrected chi connectivity index (χ0v) is 18.0. The number of alkyl halides is 3. The molecule has 0 bridgehead atoms. The van der Waals surface area contributed by atoms with E-state index in [2.05, 4.69) is 36.0 Å². The first-order valence-corrected chi connectivity index (χ1v) is 10.0. The van der Waals surface area contributed by atoms with Gasteiger partial charge in [0.25, 0.3) is 5.91 Å². The first-order valence-electron chi connectivity index (χ1n) is 9.24. The van der Waals surface area contributed by atoms with Crippen LogP contribution in [0.25, 0.3) is 0 Å². The summed E-state index contributed by atoms with van der Waals surface area (Å²) in [5.41, 5.74) is -0.690. The molecule has 0 aliphatic carbocycles. The molecule has 0 saturated carbocycles. The normalized spacial score (nSPS) is 17.9. The molecule has 0 fully saturated rings. The maximum absolute atomic E-state index is 14.6. The molecule has 1 aliphatic heterocycles. The third kappa shape index (κ3) is 4.01. The molecule has 1 atom stereocenters. The second-order valence-electron chi connectivity index (χ2n) is 6.97. The van der Waals surface area contributed by atoms with Gasteiger partial charge >= 0.3 is 6.36 Å². The molecule has 3 heterocycles. The minimum Gasteiger partial charge on any atom is -0.491 e. The molecule has 0 saturated heterocycles. The van der Waals surface area contributed by atoms with Gasteiger partial charge in [-0.3, -0.25) is 9.78 Å². The molecule has 1 N–H and O–H groups in total. The Morgan fingerprint density at radius 1 is 1.31 bits per heavy atom. The van der Waals surface area contributed by atoms with E-state index in [1.807, 2.05) is 0 Å². The summed E-state index contributed by atoms with van der Waals surface area (Å²) >= 11 is 3.22. The van der Waals surface area contributed by atoms with Gasteiger partial charge in [-0.1, -0.05) is 6.07 Å². The quantitative estimate of drug-likeness (QED) is 0.531. The van der Waals surface area contributed by atoms with Crippen LogP contribution in [-0.4, -0.2) is 33.4 Å². The van der Waals surface area contributed by atoms with Gasteiger partial charge in [-0.25, -0.2) is 9.37 Å². The van der Waals surface area contributed by atoms with Crippen LogP contribution in [0.15, 0.2) is 47.5 Å². The number of nitrogens with zero attached hydrogens (tertiary/aromatic N) is 3. The number of rotatable bonds is 4. The van der Waals surface area contributed by atoms with Gasteiger partial charge in [0.15, 0.2) is 16.3 Å². The molecule has 0 unspecified atom stereocenters. The van der Waals surface area contributed by atoms with Crippen LogP contribution < -0.4 is 14.8 Å². The predicted molar refractivity (Wildman–Crippen MR) is 107 cm³/mol. The molecule has 2 aromatic heterocycles. The number of nitrogens with one attached hydrogen (secondary N) is 1. The molecule has 4 rings (SSSR count). The molecular formula is C20H15BrF4N4O3. The Bertz CT molecular complexity index is 1180. The minimum atomic E-state index is -5.05.